The van der Waals surface area contributed by atoms with Crippen molar-refractivity contribution in [1.82, 2.24) is 10.2 Å². The summed E-state index contributed by atoms with van der Waals surface area (Å²) >= 11 is 0. The number of benzene rings is 1. The molecule has 1 N–H and O–H groups in total. The quantitative estimate of drug-likeness (QED) is 0.861. The van der Waals surface area contributed by atoms with Crippen LogP contribution in [0.15, 0.2) is 29.2 Å². The van der Waals surface area contributed by atoms with Crippen molar-refractivity contribution in [3.8, 4) is 0 Å². The molecule has 1 amide bonds. The second-order valence-electron chi connectivity index (χ2n) is 6.06. The maximum Gasteiger partial charge on any atom is 0.253 e. The fraction of sp³-hybridized carbons (Fsp3) is 0.588. The summed E-state index contributed by atoms with van der Waals surface area (Å²) < 4.78 is 23.6. The number of hydrogen-bond donors (Lipinski definition) is 1. The molecule has 0 radical (unpaired) electrons. The number of sulfone groups is 1. The van der Waals surface area contributed by atoms with Gasteiger partial charge in [-0.15, -0.1) is 0 Å². The van der Waals surface area contributed by atoms with Crippen molar-refractivity contribution < 1.29 is 13.2 Å². The molecule has 0 atom stereocenters. The van der Waals surface area contributed by atoms with E-state index in [4.69, 9.17) is 0 Å². The van der Waals surface area contributed by atoms with Crippen molar-refractivity contribution >= 4 is 15.7 Å². The molecule has 23 heavy (non-hydrogen) atoms. The standard InChI is InChI=1S/C17H26N2O3S/c1-3-23(21,22)16-6-4-15(5-7-16)17(20)19-12-9-14(10-13-19)8-11-18-2/h4-7,14,18H,3,8-13H2,1-2H3. The van der Waals surface area contributed by atoms with Crippen molar-refractivity contribution in [2.45, 2.75) is 31.1 Å². The van der Waals surface area contributed by atoms with E-state index in [-0.39, 0.29) is 16.6 Å². The lowest BCUT2D eigenvalue weighted by Crippen LogP contribution is -2.38. The highest BCUT2D eigenvalue weighted by atomic mass is 32.2. The van der Waals surface area contributed by atoms with Crippen molar-refractivity contribution in [1.29, 1.82) is 0 Å². The Bertz CT molecular complexity index is 618. The molecule has 0 bridgehead atoms. The van der Waals surface area contributed by atoms with Gasteiger partial charge in [0, 0.05) is 18.7 Å². The summed E-state index contributed by atoms with van der Waals surface area (Å²) in [6.45, 7) is 4.20. The van der Waals surface area contributed by atoms with Crippen LogP contribution in [-0.2, 0) is 9.84 Å². The van der Waals surface area contributed by atoms with Crippen LogP contribution in [0.3, 0.4) is 0 Å². The third kappa shape index (κ3) is 4.54. The Hall–Kier alpha value is -1.40. The molecule has 1 saturated heterocycles. The van der Waals surface area contributed by atoms with Gasteiger partial charge in [-0.25, -0.2) is 8.42 Å². The molecule has 1 aliphatic rings. The maximum atomic E-state index is 12.5. The first kappa shape index (κ1) is 17.9. The zero-order valence-electron chi connectivity index (χ0n) is 13.9. The molecular formula is C17H26N2O3S. The minimum Gasteiger partial charge on any atom is -0.339 e. The first-order valence-corrected chi connectivity index (χ1v) is 9.90. The molecule has 1 aromatic rings. The first-order valence-electron chi connectivity index (χ1n) is 8.24. The molecule has 6 heteroatoms. The summed E-state index contributed by atoms with van der Waals surface area (Å²) in [4.78, 5) is 14.7. The van der Waals surface area contributed by atoms with E-state index >= 15 is 0 Å². The zero-order chi connectivity index (χ0) is 16.9. The largest absolute Gasteiger partial charge is 0.339 e. The van der Waals surface area contributed by atoms with E-state index in [9.17, 15) is 13.2 Å². The molecule has 128 valence electrons. The van der Waals surface area contributed by atoms with E-state index in [0.717, 1.165) is 38.9 Å². The van der Waals surface area contributed by atoms with Gasteiger partial charge in [0.05, 0.1) is 10.6 Å². The van der Waals surface area contributed by atoms with Gasteiger partial charge in [0.25, 0.3) is 5.91 Å². The Morgan fingerprint density at radius 3 is 2.35 bits per heavy atom. The number of carbonyl (C=O) groups excluding carboxylic acids is 1. The number of piperidine rings is 1. The van der Waals surface area contributed by atoms with Crippen molar-refractivity contribution in [2.75, 3.05) is 32.4 Å². The minimum absolute atomic E-state index is 0.00230. The van der Waals surface area contributed by atoms with Gasteiger partial charge in [0.2, 0.25) is 0 Å². The van der Waals surface area contributed by atoms with Gasteiger partial charge in [-0.3, -0.25) is 4.79 Å². The average Bonchev–Trinajstić information content (AvgIpc) is 2.60. The molecule has 0 unspecified atom stereocenters. The van der Waals surface area contributed by atoms with Gasteiger partial charge in [-0.2, -0.15) is 0 Å². The van der Waals surface area contributed by atoms with Crippen LogP contribution >= 0.6 is 0 Å². The van der Waals surface area contributed by atoms with Gasteiger partial charge in [-0.05, 0) is 63.0 Å². The van der Waals surface area contributed by atoms with Crippen LogP contribution in [0.4, 0.5) is 0 Å². The molecule has 0 saturated carbocycles. The highest BCUT2D eigenvalue weighted by Crippen LogP contribution is 2.22. The summed E-state index contributed by atoms with van der Waals surface area (Å²) in [5.41, 5.74) is 0.564. The van der Waals surface area contributed by atoms with Gasteiger partial charge in [-0.1, -0.05) is 6.92 Å². The average molecular weight is 338 g/mol. The Labute approximate surface area is 139 Å². The molecular weight excluding hydrogens is 312 g/mol. The summed E-state index contributed by atoms with van der Waals surface area (Å²) in [5.74, 6) is 0.751. The van der Waals surface area contributed by atoms with Gasteiger partial charge in [0.15, 0.2) is 9.84 Å². The predicted molar refractivity (Wildman–Crippen MR) is 91.3 cm³/mol. The van der Waals surface area contributed by atoms with Crippen LogP contribution in [0.2, 0.25) is 0 Å². The fourth-order valence-corrected chi connectivity index (χ4v) is 3.81. The van der Waals surface area contributed by atoms with Crippen molar-refractivity contribution in [2.24, 2.45) is 5.92 Å². The maximum absolute atomic E-state index is 12.5. The number of nitrogens with one attached hydrogen (secondary N) is 1. The van der Waals surface area contributed by atoms with E-state index in [1.54, 1.807) is 19.1 Å². The third-order valence-corrected chi connectivity index (χ3v) is 6.30. The van der Waals surface area contributed by atoms with Crippen LogP contribution in [0.5, 0.6) is 0 Å². The second-order valence-corrected chi connectivity index (χ2v) is 8.33. The van der Waals surface area contributed by atoms with E-state index in [1.807, 2.05) is 11.9 Å². The Kier molecular flexibility index (Phi) is 6.18. The monoisotopic (exact) mass is 338 g/mol. The molecule has 2 rings (SSSR count). The number of likely N-dealkylation sites (tertiary alicyclic amines) is 1. The van der Waals surface area contributed by atoms with Crippen LogP contribution in [0.1, 0.15) is 36.5 Å². The zero-order valence-corrected chi connectivity index (χ0v) is 14.7. The topological polar surface area (TPSA) is 66.5 Å². The van der Waals surface area contributed by atoms with E-state index in [1.165, 1.54) is 12.1 Å². The SMILES string of the molecule is CCS(=O)(=O)c1ccc(C(=O)N2CCC(CCNC)CC2)cc1. The van der Waals surface area contributed by atoms with Gasteiger partial charge in [0.1, 0.15) is 0 Å². The molecule has 0 spiro atoms. The summed E-state index contributed by atoms with van der Waals surface area (Å²) in [6, 6.07) is 6.31. The van der Waals surface area contributed by atoms with E-state index < -0.39 is 9.84 Å². The van der Waals surface area contributed by atoms with E-state index in [2.05, 4.69) is 5.32 Å². The summed E-state index contributed by atoms with van der Waals surface area (Å²) in [5, 5.41) is 3.17. The van der Waals surface area contributed by atoms with Crippen LogP contribution in [0, 0.1) is 5.92 Å². The lowest BCUT2D eigenvalue weighted by molar-refractivity contribution is 0.0687. The number of carbonyl (C=O) groups is 1. The lowest BCUT2D eigenvalue weighted by atomic mass is 9.93. The minimum atomic E-state index is -3.21. The normalized spacial score (nSPS) is 16.5. The number of amides is 1. The molecule has 1 aliphatic heterocycles. The third-order valence-electron chi connectivity index (χ3n) is 4.54. The predicted octanol–water partition coefficient (Wildman–Crippen LogP) is 1.94. The molecule has 0 aliphatic carbocycles. The van der Waals surface area contributed by atoms with Crippen LogP contribution in [-0.4, -0.2) is 51.7 Å². The van der Waals surface area contributed by atoms with E-state index in [0.29, 0.717) is 11.5 Å². The second kappa shape index (κ2) is 7.93. The van der Waals surface area contributed by atoms with Crippen LogP contribution in [0.25, 0.3) is 0 Å². The fourth-order valence-electron chi connectivity index (χ4n) is 2.93. The number of rotatable bonds is 6. The lowest BCUT2D eigenvalue weighted by Gasteiger charge is -2.32. The summed E-state index contributed by atoms with van der Waals surface area (Å²) in [6.07, 6.45) is 3.23. The highest BCUT2D eigenvalue weighted by molar-refractivity contribution is 7.91. The van der Waals surface area contributed by atoms with Crippen LogP contribution < -0.4 is 5.32 Å². The Morgan fingerprint density at radius 2 is 1.83 bits per heavy atom. The smallest absolute Gasteiger partial charge is 0.253 e. The molecule has 1 aromatic carbocycles. The van der Waals surface area contributed by atoms with Crippen molar-refractivity contribution in [3.63, 3.8) is 0 Å². The Morgan fingerprint density at radius 1 is 1.22 bits per heavy atom. The van der Waals surface area contributed by atoms with Crippen molar-refractivity contribution in [3.05, 3.63) is 29.8 Å². The summed E-state index contributed by atoms with van der Waals surface area (Å²) in [7, 11) is -1.25. The van der Waals surface area contributed by atoms with Gasteiger partial charge >= 0.3 is 0 Å². The number of nitrogens with zero attached hydrogens (tertiary/aromatic N) is 1. The molecule has 0 aromatic heterocycles. The Balaban J connectivity index is 1.96. The first-order chi connectivity index (χ1) is 11.0. The highest BCUT2D eigenvalue weighted by Gasteiger charge is 2.23. The number of hydrogen-bond acceptors (Lipinski definition) is 4. The molecule has 1 fully saturated rings. The molecule has 5 nitrogen and oxygen atoms in total. The molecule has 1 heterocycles. The van der Waals surface area contributed by atoms with Gasteiger partial charge < -0.3 is 10.2 Å².